The van der Waals surface area contributed by atoms with E-state index in [0.29, 0.717) is 0 Å². The first-order valence-electron chi connectivity index (χ1n) is 5.93. The maximum absolute atomic E-state index is 12.7. The molecule has 19 heavy (non-hydrogen) atoms. The summed E-state index contributed by atoms with van der Waals surface area (Å²) < 4.78 is 39.7. The molecule has 0 bridgehead atoms. The van der Waals surface area contributed by atoms with Crippen molar-refractivity contribution in [2.75, 3.05) is 0 Å². The van der Waals surface area contributed by atoms with Gasteiger partial charge in [-0.05, 0) is 12.1 Å². The van der Waals surface area contributed by atoms with Gasteiger partial charge in [0.25, 0.3) is 0 Å². The Morgan fingerprint density at radius 2 is 1.89 bits per heavy atom. The van der Waals surface area contributed by atoms with Gasteiger partial charge in [0.05, 0.1) is 17.0 Å². The van der Waals surface area contributed by atoms with Gasteiger partial charge >= 0.3 is 6.18 Å². The molecule has 0 spiro atoms. The van der Waals surface area contributed by atoms with Crippen LogP contribution in [0.25, 0.3) is 5.65 Å². The van der Waals surface area contributed by atoms with E-state index in [9.17, 15) is 13.2 Å². The molecule has 2 N–H and O–H groups in total. The third-order valence-electron chi connectivity index (χ3n) is 2.96. The van der Waals surface area contributed by atoms with Gasteiger partial charge in [0.1, 0.15) is 5.65 Å². The number of alkyl halides is 3. The second kappa shape index (κ2) is 4.23. The summed E-state index contributed by atoms with van der Waals surface area (Å²) in [5, 5.41) is 0. The SMILES string of the molecule is CC(C)(C)c1nc2cc(C(F)(F)F)ccn2c1CN. The molecule has 3 nitrogen and oxygen atoms in total. The summed E-state index contributed by atoms with van der Waals surface area (Å²) >= 11 is 0. The number of halogens is 3. The fraction of sp³-hybridized carbons (Fsp3) is 0.462. The van der Waals surface area contributed by atoms with Crippen molar-refractivity contribution >= 4 is 5.65 Å². The highest BCUT2D eigenvalue weighted by molar-refractivity contribution is 5.48. The van der Waals surface area contributed by atoms with Crippen molar-refractivity contribution in [3.05, 3.63) is 35.3 Å². The zero-order valence-electron chi connectivity index (χ0n) is 11.0. The summed E-state index contributed by atoms with van der Waals surface area (Å²) in [7, 11) is 0. The Morgan fingerprint density at radius 1 is 1.26 bits per heavy atom. The van der Waals surface area contributed by atoms with Gasteiger partial charge in [-0.2, -0.15) is 13.2 Å². The van der Waals surface area contributed by atoms with E-state index in [1.807, 2.05) is 20.8 Å². The van der Waals surface area contributed by atoms with Gasteiger partial charge in [-0.1, -0.05) is 20.8 Å². The predicted octanol–water partition coefficient (Wildman–Crippen LogP) is 3.11. The van der Waals surface area contributed by atoms with Gasteiger partial charge in [-0.25, -0.2) is 4.98 Å². The summed E-state index contributed by atoms with van der Waals surface area (Å²) in [6, 6.07) is 2.09. The maximum atomic E-state index is 12.7. The Kier molecular flexibility index (Phi) is 3.09. The zero-order valence-corrected chi connectivity index (χ0v) is 11.0. The summed E-state index contributed by atoms with van der Waals surface area (Å²) in [6.07, 6.45) is -2.99. The van der Waals surface area contributed by atoms with Crippen molar-refractivity contribution in [1.82, 2.24) is 9.38 Å². The van der Waals surface area contributed by atoms with Crippen LogP contribution in [0, 0.1) is 0 Å². The van der Waals surface area contributed by atoms with Crippen LogP contribution in [0.3, 0.4) is 0 Å². The van der Waals surface area contributed by atoms with Crippen molar-refractivity contribution in [2.45, 2.75) is 38.9 Å². The Morgan fingerprint density at radius 3 is 2.37 bits per heavy atom. The molecule has 0 amide bonds. The number of fused-ring (bicyclic) bond motifs is 1. The average Bonchev–Trinajstić information content (AvgIpc) is 2.64. The van der Waals surface area contributed by atoms with E-state index in [1.165, 1.54) is 6.20 Å². The molecule has 0 aromatic carbocycles. The lowest BCUT2D eigenvalue weighted by molar-refractivity contribution is -0.137. The smallest absolute Gasteiger partial charge is 0.325 e. The van der Waals surface area contributed by atoms with Crippen LogP contribution in [0.2, 0.25) is 0 Å². The average molecular weight is 271 g/mol. The molecule has 0 saturated heterocycles. The second-order valence-electron chi connectivity index (χ2n) is 5.50. The number of hydrogen-bond donors (Lipinski definition) is 1. The first-order valence-corrected chi connectivity index (χ1v) is 5.93. The van der Waals surface area contributed by atoms with Gasteiger partial charge in [-0.3, -0.25) is 0 Å². The molecule has 6 heteroatoms. The topological polar surface area (TPSA) is 43.3 Å². The van der Waals surface area contributed by atoms with Crippen molar-refractivity contribution in [3.8, 4) is 0 Å². The Labute approximate surface area is 109 Å². The molecule has 0 fully saturated rings. The number of hydrogen-bond acceptors (Lipinski definition) is 2. The van der Waals surface area contributed by atoms with Gasteiger partial charge in [0.15, 0.2) is 0 Å². The van der Waals surface area contributed by atoms with Crippen molar-refractivity contribution < 1.29 is 13.2 Å². The molecular formula is C13H16F3N3. The molecule has 2 rings (SSSR count). The van der Waals surface area contributed by atoms with E-state index in [-0.39, 0.29) is 17.6 Å². The largest absolute Gasteiger partial charge is 0.416 e. The summed E-state index contributed by atoms with van der Waals surface area (Å²) in [5.41, 5.74) is 6.49. The number of pyridine rings is 1. The molecule has 0 unspecified atom stereocenters. The van der Waals surface area contributed by atoms with E-state index >= 15 is 0 Å². The molecule has 0 atom stereocenters. The highest BCUT2D eigenvalue weighted by atomic mass is 19.4. The molecule has 2 heterocycles. The highest BCUT2D eigenvalue weighted by Gasteiger charge is 2.31. The number of imidazole rings is 1. The number of rotatable bonds is 1. The third kappa shape index (κ3) is 2.45. The fourth-order valence-corrected chi connectivity index (χ4v) is 2.07. The van der Waals surface area contributed by atoms with Crippen LogP contribution in [0.4, 0.5) is 13.2 Å². The molecule has 104 valence electrons. The van der Waals surface area contributed by atoms with Crippen LogP contribution in [-0.4, -0.2) is 9.38 Å². The number of nitrogens with zero attached hydrogens (tertiary/aromatic N) is 2. The lowest BCUT2D eigenvalue weighted by atomic mass is 9.91. The molecule has 2 aromatic heterocycles. The molecule has 0 aliphatic heterocycles. The lowest BCUT2D eigenvalue weighted by Gasteiger charge is -2.17. The molecule has 0 aliphatic carbocycles. The molecular weight excluding hydrogens is 255 g/mol. The van der Waals surface area contributed by atoms with Gasteiger partial charge in [0.2, 0.25) is 0 Å². The zero-order chi connectivity index (χ0) is 14.4. The Balaban J connectivity index is 2.70. The molecule has 0 radical (unpaired) electrons. The summed E-state index contributed by atoms with van der Waals surface area (Å²) in [4.78, 5) is 4.31. The predicted molar refractivity (Wildman–Crippen MR) is 66.8 cm³/mol. The van der Waals surface area contributed by atoms with E-state index < -0.39 is 11.7 Å². The minimum absolute atomic E-state index is 0.235. The first-order chi connectivity index (χ1) is 8.64. The minimum Gasteiger partial charge on any atom is -0.325 e. The minimum atomic E-state index is -4.36. The van der Waals surface area contributed by atoms with Crippen molar-refractivity contribution in [3.63, 3.8) is 0 Å². The van der Waals surface area contributed by atoms with Crippen molar-refractivity contribution in [1.29, 1.82) is 0 Å². The van der Waals surface area contributed by atoms with Gasteiger partial charge in [0, 0.05) is 18.2 Å². The fourth-order valence-electron chi connectivity index (χ4n) is 2.07. The van der Waals surface area contributed by atoms with Crippen LogP contribution >= 0.6 is 0 Å². The number of aromatic nitrogens is 2. The molecule has 0 aliphatic rings. The normalized spacial score (nSPS) is 13.2. The van der Waals surface area contributed by atoms with E-state index in [1.54, 1.807) is 4.40 Å². The monoisotopic (exact) mass is 271 g/mol. The Hall–Kier alpha value is -1.56. The summed E-state index contributed by atoms with van der Waals surface area (Å²) in [6.45, 7) is 6.11. The molecule has 0 saturated carbocycles. The van der Waals surface area contributed by atoms with E-state index in [4.69, 9.17) is 5.73 Å². The van der Waals surface area contributed by atoms with Gasteiger partial charge < -0.3 is 10.1 Å². The van der Waals surface area contributed by atoms with Crippen LogP contribution < -0.4 is 5.73 Å². The van der Waals surface area contributed by atoms with Crippen LogP contribution in [0.5, 0.6) is 0 Å². The van der Waals surface area contributed by atoms with E-state index in [0.717, 1.165) is 23.5 Å². The van der Waals surface area contributed by atoms with Crippen molar-refractivity contribution in [2.24, 2.45) is 5.73 Å². The van der Waals surface area contributed by atoms with Crippen LogP contribution in [-0.2, 0) is 18.1 Å². The second-order valence-corrected chi connectivity index (χ2v) is 5.50. The van der Waals surface area contributed by atoms with Crippen LogP contribution in [0.15, 0.2) is 18.3 Å². The lowest BCUT2D eigenvalue weighted by Crippen LogP contribution is -2.16. The third-order valence-corrected chi connectivity index (χ3v) is 2.96. The van der Waals surface area contributed by atoms with E-state index in [2.05, 4.69) is 4.98 Å². The number of nitrogens with two attached hydrogens (primary N) is 1. The first kappa shape index (κ1) is 13.9. The molecule has 2 aromatic rings. The summed E-state index contributed by atoms with van der Waals surface area (Å²) in [5.74, 6) is 0. The highest BCUT2D eigenvalue weighted by Crippen LogP contribution is 2.31. The van der Waals surface area contributed by atoms with Gasteiger partial charge in [-0.15, -0.1) is 0 Å². The Bertz CT molecular complexity index is 606. The maximum Gasteiger partial charge on any atom is 0.416 e. The van der Waals surface area contributed by atoms with Crippen LogP contribution in [0.1, 0.15) is 37.7 Å². The standard InChI is InChI=1S/C13H16F3N3/c1-12(2,3)11-9(7-17)19-5-4-8(13(14,15)16)6-10(19)18-11/h4-6H,7,17H2,1-3H3. The quantitative estimate of drug-likeness (QED) is 0.866.